The van der Waals surface area contributed by atoms with Gasteiger partial charge < -0.3 is 20.3 Å². The Bertz CT molecular complexity index is 1500. The van der Waals surface area contributed by atoms with Crippen molar-refractivity contribution >= 4 is 28.9 Å². The van der Waals surface area contributed by atoms with E-state index in [1.54, 1.807) is 0 Å². The second-order valence-corrected chi connectivity index (χ2v) is 14.5. The van der Waals surface area contributed by atoms with E-state index in [4.69, 9.17) is 4.74 Å². The van der Waals surface area contributed by atoms with E-state index in [0.717, 1.165) is 51.6 Å². The highest BCUT2D eigenvalue weighted by atomic mass is 16.5. The highest BCUT2D eigenvalue weighted by molar-refractivity contribution is 6.03. The van der Waals surface area contributed by atoms with Crippen LogP contribution in [0.4, 0.5) is 11.4 Å². The molecule has 0 unspecified atom stereocenters. The third-order valence-corrected chi connectivity index (χ3v) is 9.64. The van der Waals surface area contributed by atoms with Crippen LogP contribution in [0.3, 0.4) is 0 Å². The van der Waals surface area contributed by atoms with Crippen molar-refractivity contribution in [3.05, 3.63) is 83.6 Å². The molecule has 0 fully saturated rings. The Morgan fingerprint density at radius 1 is 0.854 bits per heavy atom. The Morgan fingerprint density at radius 2 is 1.52 bits per heavy atom. The first kappa shape index (κ1) is 37.1. The topological polar surface area (TPSA) is 73.7 Å². The van der Waals surface area contributed by atoms with Crippen LogP contribution in [0.2, 0.25) is 0 Å². The van der Waals surface area contributed by atoms with Gasteiger partial charge in [0.05, 0.1) is 11.5 Å². The van der Waals surface area contributed by atoms with Crippen LogP contribution in [0.1, 0.15) is 105 Å². The van der Waals surface area contributed by atoms with Crippen LogP contribution >= 0.6 is 0 Å². The fraction of sp³-hybridized carbons (Fsp3) is 0.537. The van der Waals surface area contributed by atoms with Gasteiger partial charge >= 0.3 is 0 Å². The third-order valence-electron chi connectivity index (χ3n) is 9.64. The zero-order valence-corrected chi connectivity index (χ0v) is 30.5. The number of ether oxygens (including phenoxy) is 1. The SMILES string of the molecule is CCC[N+]1=C(C=CC=C2N(CCCCCC(=O)NCCCCNC(=O)COC(C)C)c3ccccc3C2(C)C)C(C)(C)c2ccccc21. The molecular weight excluding hydrogens is 596 g/mol. The summed E-state index contributed by atoms with van der Waals surface area (Å²) in [7, 11) is 0. The molecule has 0 radical (unpaired) electrons. The summed E-state index contributed by atoms with van der Waals surface area (Å²) in [5, 5.41) is 5.89. The Morgan fingerprint density at radius 3 is 2.23 bits per heavy atom. The second-order valence-electron chi connectivity index (χ2n) is 14.5. The third kappa shape index (κ3) is 9.04. The van der Waals surface area contributed by atoms with Gasteiger partial charge in [0.15, 0.2) is 5.71 Å². The van der Waals surface area contributed by atoms with E-state index in [9.17, 15) is 9.59 Å². The van der Waals surface area contributed by atoms with Gasteiger partial charge in [0, 0.05) is 67.0 Å². The van der Waals surface area contributed by atoms with Gasteiger partial charge in [0.1, 0.15) is 13.2 Å². The summed E-state index contributed by atoms with van der Waals surface area (Å²) < 4.78 is 7.80. The number of anilines is 1. The first-order valence-electron chi connectivity index (χ1n) is 18.1. The monoisotopic (exact) mass is 655 g/mol. The molecule has 7 heteroatoms. The molecule has 2 aromatic carbocycles. The van der Waals surface area contributed by atoms with E-state index >= 15 is 0 Å². The number of para-hydroxylation sites is 2. The maximum absolute atomic E-state index is 12.4. The van der Waals surface area contributed by atoms with Crippen molar-refractivity contribution < 1.29 is 18.9 Å². The lowest BCUT2D eigenvalue weighted by Gasteiger charge is -2.27. The van der Waals surface area contributed by atoms with Crippen LogP contribution in [-0.4, -0.2) is 61.0 Å². The van der Waals surface area contributed by atoms with Gasteiger partial charge in [0.2, 0.25) is 17.5 Å². The number of fused-ring (bicyclic) bond motifs is 2. The molecule has 0 aliphatic carbocycles. The summed E-state index contributed by atoms with van der Waals surface area (Å²) >= 11 is 0. The molecule has 0 atom stereocenters. The molecule has 2 aromatic rings. The van der Waals surface area contributed by atoms with Crippen LogP contribution < -0.4 is 15.5 Å². The van der Waals surface area contributed by atoms with Crippen molar-refractivity contribution in [3.63, 3.8) is 0 Å². The maximum atomic E-state index is 12.4. The van der Waals surface area contributed by atoms with Gasteiger partial charge in [-0.3, -0.25) is 9.59 Å². The van der Waals surface area contributed by atoms with Crippen molar-refractivity contribution in [1.82, 2.24) is 10.6 Å². The number of allylic oxidation sites excluding steroid dienone is 4. The minimum atomic E-state index is -0.104. The van der Waals surface area contributed by atoms with E-state index in [-0.39, 0.29) is 35.4 Å². The maximum Gasteiger partial charge on any atom is 0.246 e. The zero-order chi connectivity index (χ0) is 34.7. The summed E-state index contributed by atoms with van der Waals surface area (Å²) in [5.41, 5.74) is 7.88. The van der Waals surface area contributed by atoms with Gasteiger partial charge in [-0.05, 0) is 71.1 Å². The number of nitrogens with zero attached hydrogens (tertiary/aromatic N) is 2. The number of hydrogen-bond acceptors (Lipinski definition) is 4. The standard InChI is InChI=1S/C41H58N4O3/c1-8-28-44-34-21-13-11-19-32(34)40(4,5)36(44)23-18-24-37-41(6,7)33-20-12-14-22-35(33)45(37)29-17-9-10-25-38(46)42-26-15-16-27-43-39(47)30-48-31(2)3/h11-14,18-24,31H,8-10,15-17,25-30H2,1-7H3,(H-,42,43,46,47)/p+1. The molecule has 0 saturated heterocycles. The molecule has 48 heavy (non-hydrogen) atoms. The Kier molecular flexibility index (Phi) is 13.2. The average molecular weight is 656 g/mol. The zero-order valence-electron chi connectivity index (χ0n) is 30.5. The molecule has 2 aliphatic rings. The van der Waals surface area contributed by atoms with Crippen molar-refractivity contribution in [1.29, 1.82) is 0 Å². The van der Waals surface area contributed by atoms with Crippen molar-refractivity contribution in [2.45, 2.75) is 110 Å². The fourth-order valence-electron chi connectivity index (χ4n) is 7.04. The number of carbonyl (C=O) groups excluding carboxylic acids is 2. The molecule has 0 aromatic heterocycles. The Hall–Kier alpha value is -3.71. The van der Waals surface area contributed by atoms with Crippen LogP contribution in [0.25, 0.3) is 0 Å². The molecule has 2 aliphatic heterocycles. The first-order valence-corrected chi connectivity index (χ1v) is 18.1. The van der Waals surface area contributed by atoms with Gasteiger partial charge in [-0.15, -0.1) is 0 Å². The van der Waals surface area contributed by atoms with Gasteiger partial charge in [0.25, 0.3) is 0 Å². The van der Waals surface area contributed by atoms with E-state index < -0.39 is 0 Å². The molecule has 4 rings (SSSR count). The predicted molar refractivity (Wildman–Crippen MR) is 198 cm³/mol. The number of rotatable bonds is 18. The predicted octanol–water partition coefficient (Wildman–Crippen LogP) is 7.71. The van der Waals surface area contributed by atoms with Gasteiger partial charge in [-0.25, -0.2) is 0 Å². The average Bonchev–Trinajstić information content (AvgIpc) is 3.40. The molecule has 2 heterocycles. The van der Waals surface area contributed by atoms with Crippen molar-refractivity contribution in [2.75, 3.05) is 37.7 Å². The number of carbonyl (C=O) groups is 2. The lowest BCUT2D eigenvalue weighted by atomic mass is 9.81. The van der Waals surface area contributed by atoms with E-state index in [1.165, 1.54) is 33.9 Å². The van der Waals surface area contributed by atoms with Gasteiger partial charge in [-0.2, -0.15) is 4.58 Å². The van der Waals surface area contributed by atoms with E-state index in [1.807, 2.05) is 13.8 Å². The van der Waals surface area contributed by atoms with Crippen molar-refractivity contribution in [3.8, 4) is 0 Å². The molecule has 7 nitrogen and oxygen atoms in total. The summed E-state index contributed by atoms with van der Waals surface area (Å²) in [6.07, 6.45) is 13.2. The number of unbranched alkanes of at least 4 members (excludes halogenated alkanes) is 3. The normalized spacial score (nSPS) is 17.0. The highest BCUT2D eigenvalue weighted by Crippen LogP contribution is 2.48. The largest absolute Gasteiger partial charge is 0.369 e. The smallest absolute Gasteiger partial charge is 0.246 e. The summed E-state index contributed by atoms with van der Waals surface area (Å²) in [5.74, 6) is 0.0133. The fourth-order valence-corrected chi connectivity index (χ4v) is 7.04. The van der Waals surface area contributed by atoms with E-state index in [0.29, 0.717) is 19.5 Å². The molecule has 0 bridgehead atoms. The summed E-state index contributed by atoms with van der Waals surface area (Å²) in [6, 6.07) is 17.6. The van der Waals surface area contributed by atoms with Crippen LogP contribution in [-0.2, 0) is 25.2 Å². The van der Waals surface area contributed by atoms with Crippen molar-refractivity contribution in [2.24, 2.45) is 0 Å². The molecule has 2 amide bonds. The molecule has 0 spiro atoms. The Labute approximate surface area is 289 Å². The molecule has 0 saturated carbocycles. The molecular formula is C41H59N4O3+. The summed E-state index contributed by atoms with van der Waals surface area (Å²) in [4.78, 5) is 26.6. The quantitative estimate of drug-likeness (QED) is 0.128. The van der Waals surface area contributed by atoms with Crippen LogP contribution in [0, 0.1) is 0 Å². The lowest BCUT2D eigenvalue weighted by Crippen LogP contribution is -2.30. The molecule has 2 N–H and O–H groups in total. The number of hydrogen-bond donors (Lipinski definition) is 2. The summed E-state index contributed by atoms with van der Waals surface area (Å²) in [6.45, 7) is 18.7. The highest BCUT2D eigenvalue weighted by Gasteiger charge is 2.44. The first-order chi connectivity index (χ1) is 23.0. The number of nitrogens with one attached hydrogen (secondary N) is 2. The minimum Gasteiger partial charge on any atom is -0.369 e. The molecule has 260 valence electrons. The van der Waals surface area contributed by atoms with Crippen LogP contribution in [0.5, 0.6) is 0 Å². The van der Waals surface area contributed by atoms with Gasteiger partial charge in [-0.1, -0.05) is 69.7 Å². The second kappa shape index (κ2) is 17.1. The van der Waals surface area contributed by atoms with E-state index in [2.05, 4.69) is 121 Å². The Balaban J connectivity index is 1.30. The minimum absolute atomic E-state index is 0.0438. The lowest BCUT2D eigenvalue weighted by molar-refractivity contribution is -0.437. The van der Waals surface area contributed by atoms with Crippen LogP contribution in [0.15, 0.2) is 72.5 Å². The number of amides is 2. The number of benzene rings is 2.